The van der Waals surface area contributed by atoms with Crippen LogP contribution in [0.2, 0.25) is 0 Å². The van der Waals surface area contributed by atoms with Gasteiger partial charge in [0, 0.05) is 54.1 Å². The summed E-state index contributed by atoms with van der Waals surface area (Å²) in [6.07, 6.45) is 2.40. The lowest BCUT2D eigenvalue weighted by Crippen LogP contribution is -2.12. The minimum atomic E-state index is -0.187. The van der Waals surface area contributed by atoms with Gasteiger partial charge in [-0.2, -0.15) is 0 Å². The van der Waals surface area contributed by atoms with Crippen molar-refractivity contribution in [2.45, 2.75) is 20.3 Å². The molecule has 0 bridgehead atoms. The first kappa shape index (κ1) is 22.4. The van der Waals surface area contributed by atoms with Crippen molar-refractivity contribution < 1.29 is 9.90 Å². The fraction of sp³-hybridized carbons (Fsp3) is 0.261. The number of carbonyl (C=O) groups is 1. The number of fused-ring (bicyclic) bond motifs is 3. The molecular formula is C23H28ClN3O2. The molecule has 1 aliphatic rings. The topological polar surface area (TPSA) is 78.6 Å². The third kappa shape index (κ3) is 4.74. The van der Waals surface area contributed by atoms with Crippen LogP contribution in [-0.2, 0) is 6.42 Å². The largest absolute Gasteiger partial charge is 0.507 e. The van der Waals surface area contributed by atoms with Crippen LogP contribution in [-0.4, -0.2) is 31.0 Å². The number of amides is 1. The van der Waals surface area contributed by atoms with Gasteiger partial charge in [-0.3, -0.25) is 4.79 Å². The van der Waals surface area contributed by atoms with E-state index >= 15 is 0 Å². The van der Waals surface area contributed by atoms with E-state index in [-0.39, 0.29) is 11.7 Å². The number of nitrogens with two attached hydrogens (primary N) is 1. The summed E-state index contributed by atoms with van der Waals surface area (Å²) in [6, 6.07) is 14.2. The smallest absolute Gasteiger partial charge is 0.255 e. The quantitative estimate of drug-likeness (QED) is 0.396. The van der Waals surface area contributed by atoms with Gasteiger partial charge in [0.2, 0.25) is 0 Å². The van der Waals surface area contributed by atoms with Gasteiger partial charge < -0.3 is 21.1 Å². The molecule has 0 radical (unpaired) electrons. The summed E-state index contributed by atoms with van der Waals surface area (Å²) >= 11 is 4.64. The first-order valence-electron chi connectivity index (χ1n) is 9.57. The molecule has 3 aromatic carbocycles. The Morgan fingerprint density at radius 3 is 2.38 bits per heavy atom. The number of phenolic OH excluding ortho intramolecular Hbond substituents is 1. The third-order valence-electron chi connectivity index (χ3n) is 4.74. The molecule has 1 heterocycles. The molecule has 154 valence electrons. The lowest BCUT2D eigenvalue weighted by Gasteiger charge is -2.14. The van der Waals surface area contributed by atoms with Crippen molar-refractivity contribution in [2.75, 3.05) is 35.9 Å². The number of rotatable bonds is 2. The number of carbonyl (C=O) groups excluding carboxylic acids is 1. The van der Waals surface area contributed by atoms with Crippen LogP contribution in [0.15, 0.2) is 48.5 Å². The van der Waals surface area contributed by atoms with Crippen LogP contribution in [0, 0.1) is 0 Å². The molecule has 0 unspecified atom stereocenters. The molecule has 1 aliphatic heterocycles. The monoisotopic (exact) mass is 413 g/mol. The van der Waals surface area contributed by atoms with Crippen LogP contribution in [0.25, 0.3) is 10.8 Å². The molecule has 6 heteroatoms. The highest BCUT2D eigenvalue weighted by Crippen LogP contribution is 2.39. The van der Waals surface area contributed by atoms with Crippen molar-refractivity contribution in [1.29, 1.82) is 0 Å². The zero-order chi connectivity index (χ0) is 21.6. The number of nitrogens with zero attached hydrogens (tertiary/aromatic N) is 1. The number of aromatic hydroxyl groups is 1. The van der Waals surface area contributed by atoms with Crippen LogP contribution in [0.1, 0.15) is 29.8 Å². The minimum Gasteiger partial charge on any atom is -0.507 e. The first-order chi connectivity index (χ1) is 14.0. The second-order valence-electron chi connectivity index (χ2n) is 6.40. The Morgan fingerprint density at radius 2 is 1.72 bits per heavy atom. The van der Waals surface area contributed by atoms with Gasteiger partial charge in [0.15, 0.2) is 0 Å². The fourth-order valence-electron chi connectivity index (χ4n) is 3.37. The van der Waals surface area contributed by atoms with Crippen molar-refractivity contribution in [3.8, 4) is 5.75 Å². The molecule has 0 fully saturated rings. The van der Waals surface area contributed by atoms with E-state index < -0.39 is 0 Å². The number of halogens is 1. The molecule has 4 N–H and O–H groups in total. The molecule has 3 aromatic rings. The highest BCUT2D eigenvalue weighted by Gasteiger charge is 2.20. The molecule has 0 atom stereocenters. The molecular weight excluding hydrogens is 386 g/mol. The standard InChI is InChI=1S/C20H19N3O2.C2H6.CH3Cl/c1-23-9-8-15-17-10-14(6-7-16(17)19(24)11-18(15)23)22-20(25)12-2-4-13(21)5-3-12;2*1-2/h2-7,10-11,24H,8-9,21H2,1H3,(H,22,25);1-2H3;1H3. The van der Waals surface area contributed by atoms with Gasteiger partial charge in [0.1, 0.15) is 5.75 Å². The van der Waals surface area contributed by atoms with Crippen LogP contribution >= 0.6 is 11.6 Å². The van der Waals surface area contributed by atoms with E-state index in [0.717, 1.165) is 29.4 Å². The van der Waals surface area contributed by atoms with Crippen LogP contribution in [0.4, 0.5) is 17.1 Å². The van der Waals surface area contributed by atoms with Gasteiger partial charge in [-0.25, -0.2) is 0 Å². The van der Waals surface area contributed by atoms with Crippen LogP contribution < -0.4 is 16.0 Å². The third-order valence-corrected chi connectivity index (χ3v) is 4.74. The molecule has 1 amide bonds. The Morgan fingerprint density at radius 1 is 1.07 bits per heavy atom. The van der Waals surface area contributed by atoms with Crippen LogP contribution in [0.3, 0.4) is 0 Å². The van der Waals surface area contributed by atoms with Gasteiger partial charge >= 0.3 is 0 Å². The number of hydrogen-bond acceptors (Lipinski definition) is 4. The Hall–Kier alpha value is -2.92. The Balaban J connectivity index is 0.000000707. The zero-order valence-electron chi connectivity index (χ0n) is 17.3. The van der Waals surface area contributed by atoms with Crippen molar-refractivity contribution in [2.24, 2.45) is 0 Å². The minimum absolute atomic E-state index is 0.187. The average Bonchev–Trinajstić information content (AvgIpc) is 3.12. The van der Waals surface area contributed by atoms with Gasteiger partial charge in [0.25, 0.3) is 5.91 Å². The highest BCUT2D eigenvalue weighted by atomic mass is 35.5. The summed E-state index contributed by atoms with van der Waals surface area (Å²) in [6.45, 7) is 4.93. The van der Waals surface area contributed by atoms with E-state index in [1.165, 1.54) is 11.9 Å². The van der Waals surface area contributed by atoms with E-state index in [1.54, 1.807) is 24.3 Å². The first-order valence-corrected chi connectivity index (χ1v) is 10.3. The molecule has 0 aliphatic carbocycles. The number of anilines is 3. The SMILES string of the molecule is CC.CCl.CN1CCc2c1cc(O)c1ccc(NC(=O)c3ccc(N)cc3)cc21. The van der Waals surface area contributed by atoms with Crippen molar-refractivity contribution in [3.63, 3.8) is 0 Å². The maximum Gasteiger partial charge on any atom is 0.255 e. The second-order valence-corrected chi connectivity index (χ2v) is 6.40. The van der Waals surface area contributed by atoms with E-state index in [2.05, 4.69) is 21.8 Å². The maximum atomic E-state index is 12.4. The van der Waals surface area contributed by atoms with Gasteiger partial charge in [0.05, 0.1) is 0 Å². The lowest BCUT2D eigenvalue weighted by atomic mass is 10.0. The summed E-state index contributed by atoms with van der Waals surface area (Å²) < 4.78 is 0. The molecule has 4 rings (SSSR count). The summed E-state index contributed by atoms with van der Waals surface area (Å²) in [5.41, 5.74) is 9.79. The van der Waals surface area contributed by atoms with Crippen LogP contribution in [0.5, 0.6) is 5.75 Å². The predicted molar refractivity (Wildman–Crippen MR) is 125 cm³/mol. The molecule has 0 spiro atoms. The molecule has 0 aromatic heterocycles. The number of phenols is 1. The summed E-state index contributed by atoms with van der Waals surface area (Å²) in [5, 5.41) is 15.0. The van der Waals surface area contributed by atoms with Gasteiger partial charge in [-0.05, 0) is 59.8 Å². The van der Waals surface area contributed by atoms with Gasteiger partial charge in [-0.1, -0.05) is 13.8 Å². The molecule has 29 heavy (non-hydrogen) atoms. The number of hydrogen-bond donors (Lipinski definition) is 3. The summed E-state index contributed by atoms with van der Waals surface area (Å²) in [5.74, 6) is 0.0761. The predicted octanol–water partition coefficient (Wildman–Crippen LogP) is 5.25. The van der Waals surface area contributed by atoms with E-state index in [1.807, 2.05) is 45.2 Å². The van der Waals surface area contributed by atoms with Crippen molar-refractivity contribution >= 4 is 45.3 Å². The maximum absolute atomic E-state index is 12.4. The van der Waals surface area contributed by atoms with E-state index in [4.69, 9.17) is 5.73 Å². The Kier molecular flexibility index (Phi) is 7.74. The number of nitrogens with one attached hydrogen (secondary N) is 1. The molecule has 5 nitrogen and oxygen atoms in total. The number of nitrogen functional groups attached to an aromatic ring is 1. The summed E-state index contributed by atoms with van der Waals surface area (Å²) in [4.78, 5) is 14.5. The molecule has 0 saturated heterocycles. The normalized spacial score (nSPS) is 11.7. The second kappa shape index (κ2) is 10.0. The zero-order valence-corrected chi connectivity index (χ0v) is 18.0. The lowest BCUT2D eigenvalue weighted by molar-refractivity contribution is 0.102. The molecule has 0 saturated carbocycles. The highest BCUT2D eigenvalue weighted by molar-refractivity contribution is 6.15. The average molecular weight is 414 g/mol. The van der Waals surface area contributed by atoms with Crippen molar-refractivity contribution in [3.05, 3.63) is 59.7 Å². The van der Waals surface area contributed by atoms with E-state index in [0.29, 0.717) is 16.9 Å². The number of likely N-dealkylation sites (N-methyl/N-ethyl adjacent to an activating group) is 1. The Labute approximate surface area is 177 Å². The number of benzene rings is 3. The van der Waals surface area contributed by atoms with Gasteiger partial charge in [-0.15, -0.1) is 11.6 Å². The van der Waals surface area contributed by atoms with E-state index in [9.17, 15) is 9.90 Å². The fourth-order valence-corrected chi connectivity index (χ4v) is 3.37. The summed E-state index contributed by atoms with van der Waals surface area (Å²) in [7, 11) is 2.02. The number of alkyl halides is 1. The Bertz CT molecular complexity index is 988. The van der Waals surface area contributed by atoms with Crippen molar-refractivity contribution in [1.82, 2.24) is 0 Å².